The van der Waals surface area contributed by atoms with E-state index in [0.29, 0.717) is 29.9 Å². The van der Waals surface area contributed by atoms with Gasteiger partial charge < -0.3 is 19.2 Å². The number of urea groups is 1. The van der Waals surface area contributed by atoms with Crippen molar-refractivity contribution in [2.45, 2.75) is 12.3 Å². The second-order valence-corrected chi connectivity index (χ2v) is 5.90. The summed E-state index contributed by atoms with van der Waals surface area (Å²) in [4.78, 5) is 25.7. The maximum Gasteiger partial charge on any atom is 0.419 e. The van der Waals surface area contributed by atoms with Crippen LogP contribution in [0.5, 0.6) is 0 Å². The topological polar surface area (TPSA) is 93.5 Å². The van der Waals surface area contributed by atoms with Crippen molar-refractivity contribution >= 4 is 22.8 Å². The highest BCUT2D eigenvalue weighted by Gasteiger charge is 2.29. The molecule has 124 valence electrons. The average Bonchev–Trinajstić information content (AvgIpc) is 3.29. The minimum absolute atomic E-state index is 0.182. The monoisotopic (exact) mass is 328 g/mol. The van der Waals surface area contributed by atoms with Crippen molar-refractivity contribution in [2.24, 2.45) is 7.05 Å². The molecule has 1 saturated heterocycles. The summed E-state index contributed by atoms with van der Waals surface area (Å²) < 4.78 is 11.4. The molecule has 1 unspecified atom stereocenters. The molecule has 1 aliphatic heterocycles. The molecule has 3 heterocycles. The largest absolute Gasteiger partial charge is 0.419 e. The molecule has 1 aliphatic rings. The Hall–Kier alpha value is -3.03. The number of fused-ring (bicyclic) bond motifs is 1. The van der Waals surface area contributed by atoms with E-state index in [2.05, 4.69) is 10.5 Å². The number of nitrogens with zero attached hydrogens (tertiary/aromatic N) is 3. The fourth-order valence-electron chi connectivity index (χ4n) is 3.03. The Morgan fingerprint density at radius 3 is 3.04 bits per heavy atom. The van der Waals surface area contributed by atoms with Gasteiger partial charge in [0.15, 0.2) is 5.58 Å². The van der Waals surface area contributed by atoms with Gasteiger partial charge in [-0.25, -0.2) is 9.59 Å². The summed E-state index contributed by atoms with van der Waals surface area (Å²) in [5, 5.41) is 6.79. The summed E-state index contributed by atoms with van der Waals surface area (Å²) in [5.74, 6) is -0.229. The van der Waals surface area contributed by atoms with E-state index < -0.39 is 5.76 Å². The van der Waals surface area contributed by atoms with Crippen molar-refractivity contribution in [1.29, 1.82) is 0 Å². The van der Waals surface area contributed by atoms with Gasteiger partial charge in [-0.15, -0.1) is 0 Å². The van der Waals surface area contributed by atoms with Crippen LogP contribution < -0.4 is 11.1 Å². The van der Waals surface area contributed by atoms with Crippen molar-refractivity contribution in [3.05, 3.63) is 46.8 Å². The van der Waals surface area contributed by atoms with Crippen LogP contribution in [0.15, 0.2) is 44.3 Å². The molecule has 8 heteroatoms. The fourth-order valence-corrected chi connectivity index (χ4v) is 3.03. The molecule has 1 fully saturated rings. The number of nitrogens with one attached hydrogen (secondary N) is 1. The van der Waals surface area contributed by atoms with E-state index in [9.17, 15) is 9.59 Å². The van der Waals surface area contributed by atoms with E-state index >= 15 is 0 Å². The van der Waals surface area contributed by atoms with Gasteiger partial charge >= 0.3 is 11.8 Å². The van der Waals surface area contributed by atoms with Crippen LogP contribution in [0.1, 0.15) is 18.0 Å². The number of aryl methyl sites for hydroxylation is 1. The number of anilines is 1. The first kappa shape index (κ1) is 14.6. The Bertz CT molecular complexity index is 941. The lowest BCUT2D eigenvalue weighted by molar-refractivity contribution is 0.222. The van der Waals surface area contributed by atoms with Gasteiger partial charge in [0, 0.05) is 43.9 Å². The van der Waals surface area contributed by atoms with Crippen molar-refractivity contribution in [3.63, 3.8) is 0 Å². The number of hydrogen-bond acceptors (Lipinski definition) is 5. The molecule has 2 aromatic heterocycles. The molecule has 0 spiro atoms. The van der Waals surface area contributed by atoms with Gasteiger partial charge in [-0.1, -0.05) is 5.16 Å². The maximum absolute atomic E-state index is 12.4. The van der Waals surface area contributed by atoms with Crippen LogP contribution in [0, 0.1) is 0 Å². The zero-order chi connectivity index (χ0) is 16.7. The molecule has 1 N–H and O–H groups in total. The van der Waals surface area contributed by atoms with Crippen molar-refractivity contribution in [3.8, 4) is 0 Å². The third kappa shape index (κ3) is 2.45. The summed E-state index contributed by atoms with van der Waals surface area (Å²) in [6, 6.07) is 6.80. The van der Waals surface area contributed by atoms with E-state index in [1.807, 2.05) is 6.07 Å². The van der Waals surface area contributed by atoms with E-state index in [0.717, 1.165) is 12.1 Å². The number of oxazole rings is 1. The summed E-state index contributed by atoms with van der Waals surface area (Å²) in [6.07, 6.45) is 2.40. The highest BCUT2D eigenvalue weighted by Crippen LogP contribution is 2.26. The Labute approximate surface area is 136 Å². The summed E-state index contributed by atoms with van der Waals surface area (Å²) >= 11 is 0. The van der Waals surface area contributed by atoms with E-state index in [1.54, 1.807) is 36.4 Å². The standard InChI is InChI=1S/C16H16N4O4/c1-19-13-3-2-11(8-14(13)24-16(19)22)17-15(21)20-6-4-10(9-20)12-5-7-23-18-12/h2-3,5,7-8,10H,4,6,9H2,1H3,(H,17,21). The molecule has 2 amide bonds. The molecular formula is C16H16N4O4. The number of aromatic nitrogens is 2. The quantitative estimate of drug-likeness (QED) is 0.778. The molecular weight excluding hydrogens is 312 g/mol. The lowest BCUT2D eigenvalue weighted by atomic mass is 10.1. The number of carbonyl (C=O) groups is 1. The third-order valence-corrected chi connectivity index (χ3v) is 4.40. The Kier molecular flexibility index (Phi) is 3.37. The van der Waals surface area contributed by atoms with Gasteiger partial charge in [-0.2, -0.15) is 0 Å². The summed E-state index contributed by atoms with van der Waals surface area (Å²) in [6.45, 7) is 1.26. The van der Waals surface area contributed by atoms with Gasteiger partial charge in [0.2, 0.25) is 0 Å². The van der Waals surface area contributed by atoms with Crippen LogP contribution in [-0.4, -0.2) is 33.7 Å². The highest BCUT2D eigenvalue weighted by molar-refractivity contribution is 5.91. The number of amides is 2. The zero-order valence-electron chi connectivity index (χ0n) is 13.1. The molecule has 0 radical (unpaired) electrons. The van der Waals surface area contributed by atoms with Gasteiger partial charge in [-0.05, 0) is 18.6 Å². The molecule has 24 heavy (non-hydrogen) atoms. The molecule has 0 aliphatic carbocycles. The number of rotatable bonds is 2. The predicted octanol–water partition coefficient (Wildman–Crippen LogP) is 2.14. The van der Waals surface area contributed by atoms with Gasteiger partial charge in [0.25, 0.3) is 0 Å². The number of carbonyl (C=O) groups excluding carboxylic acids is 1. The second-order valence-electron chi connectivity index (χ2n) is 5.90. The van der Waals surface area contributed by atoms with Crippen LogP contribution >= 0.6 is 0 Å². The van der Waals surface area contributed by atoms with Gasteiger partial charge in [-0.3, -0.25) is 4.57 Å². The molecule has 1 atom stereocenters. The fraction of sp³-hybridized carbons (Fsp3) is 0.312. The second kappa shape index (κ2) is 5.55. The van der Waals surface area contributed by atoms with Crippen LogP contribution in [-0.2, 0) is 7.05 Å². The first-order chi connectivity index (χ1) is 11.6. The Morgan fingerprint density at radius 2 is 2.25 bits per heavy atom. The zero-order valence-corrected chi connectivity index (χ0v) is 13.1. The van der Waals surface area contributed by atoms with Gasteiger partial charge in [0.05, 0.1) is 11.2 Å². The summed E-state index contributed by atoms with van der Waals surface area (Å²) in [7, 11) is 1.64. The average molecular weight is 328 g/mol. The number of likely N-dealkylation sites (tertiary alicyclic amines) is 1. The van der Waals surface area contributed by atoms with Gasteiger partial charge in [0.1, 0.15) is 6.26 Å². The maximum atomic E-state index is 12.4. The number of hydrogen-bond donors (Lipinski definition) is 1. The molecule has 0 saturated carbocycles. The minimum Gasteiger partial charge on any atom is -0.408 e. The van der Waals surface area contributed by atoms with Crippen LogP contribution in [0.2, 0.25) is 0 Å². The van der Waals surface area contributed by atoms with E-state index in [-0.39, 0.29) is 11.9 Å². The van der Waals surface area contributed by atoms with Crippen LogP contribution in [0.25, 0.3) is 11.1 Å². The van der Waals surface area contributed by atoms with Crippen LogP contribution in [0.3, 0.4) is 0 Å². The molecule has 1 aromatic carbocycles. The molecule has 0 bridgehead atoms. The normalized spacial score (nSPS) is 17.5. The minimum atomic E-state index is -0.427. The van der Waals surface area contributed by atoms with Crippen molar-refractivity contribution in [1.82, 2.24) is 14.6 Å². The van der Waals surface area contributed by atoms with Crippen molar-refractivity contribution < 1.29 is 13.7 Å². The highest BCUT2D eigenvalue weighted by atomic mass is 16.5. The first-order valence-electron chi connectivity index (χ1n) is 7.67. The lowest BCUT2D eigenvalue weighted by Gasteiger charge is -2.17. The predicted molar refractivity (Wildman–Crippen MR) is 85.9 cm³/mol. The molecule has 3 aromatic rings. The Balaban J connectivity index is 1.47. The smallest absolute Gasteiger partial charge is 0.408 e. The van der Waals surface area contributed by atoms with E-state index in [1.165, 1.54) is 4.57 Å². The van der Waals surface area contributed by atoms with Crippen LogP contribution in [0.4, 0.5) is 10.5 Å². The third-order valence-electron chi connectivity index (χ3n) is 4.40. The first-order valence-corrected chi connectivity index (χ1v) is 7.67. The SMILES string of the molecule is Cn1c(=O)oc2cc(NC(=O)N3CCC(c4ccon4)C3)ccc21. The van der Waals surface area contributed by atoms with Crippen molar-refractivity contribution in [2.75, 3.05) is 18.4 Å². The number of benzene rings is 1. The molecule has 4 rings (SSSR count). The molecule has 8 nitrogen and oxygen atoms in total. The Morgan fingerprint density at radius 1 is 1.38 bits per heavy atom. The lowest BCUT2D eigenvalue weighted by Crippen LogP contribution is -2.32. The van der Waals surface area contributed by atoms with E-state index in [4.69, 9.17) is 8.94 Å². The summed E-state index contributed by atoms with van der Waals surface area (Å²) in [5.41, 5.74) is 2.59.